The molecule has 0 radical (unpaired) electrons. The summed E-state index contributed by atoms with van der Waals surface area (Å²) in [5, 5.41) is 3.55. The maximum absolute atomic E-state index is 3.55. The van der Waals surface area contributed by atoms with E-state index in [0.717, 1.165) is 26.1 Å². The molecule has 0 bridgehead atoms. The third-order valence-corrected chi connectivity index (χ3v) is 4.43. The maximum Gasteiger partial charge on any atom is 0.0367 e. The summed E-state index contributed by atoms with van der Waals surface area (Å²) < 4.78 is 0. The van der Waals surface area contributed by atoms with E-state index in [9.17, 15) is 0 Å². The summed E-state index contributed by atoms with van der Waals surface area (Å²) in [6, 6.07) is 9.68. The minimum absolute atomic E-state index is 0.491. The maximum atomic E-state index is 3.55. The van der Waals surface area contributed by atoms with Crippen molar-refractivity contribution in [2.45, 2.75) is 39.7 Å². The zero-order valence-electron chi connectivity index (χ0n) is 13.9. The molecule has 0 amide bonds. The van der Waals surface area contributed by atoms with Crippen molar-refractivity contribution in [3.8, 4) is 0 Å². The van der Waals surface area contributed by atoms with Crippen LogP contribution in [0.3, 0.4) is 0 Å². The van der Waals surface area contributed by atoms with Crippen LogP contribution in [-0.2, 0) is 0 Å². The van der Waals surface area contributed by atoms with E-state index < -0.39 is 0 Å². The highest BCUT2D eigenvalue weighted by Gasteiger charge is 2.16. The van der Waals surface area contributed by atoms with E-state index in [2.05, 4.69) is 60.2 Å². The second-order valence-corrected chi connectivity index (χ2v) is 5.94. The largest absolute Gasteiger partial charge is 0.369 e. The van der Waals surface area contributed by atoms with Gasteiger partial charge in [-0.3, -0.25) is 4.90 Å². The molecular formula is C18H31N3. The van der Waals surface area contributed by atoms with Gasteiger partial charge in [0.2, 0.25) is 0 Å². The lowest BCUT2D eigenvalue weighted by Gasteiger charge is -2.36. The highest BCUT2D eigenvalue weighted by Crippen LogP contribution is 2.22. The van der Waals surface area contributed by atoms with E-state index in [1.807, 2.05) is 0 Å². The Bertz CT molecular complexity index is 393. The van der Waals surface area contributed by atoms with Gasteiger partial charge in [-0.25, -0.2) is 0 Å². The lowest BCUT2D eigenvalue weighted by molar-refractivity contribution is 0.258. The quantitative estimate of drug-likeness (QED) is 0.831. The van der Waals surface area contributed by atoms with Gasteiger partial charge in [0.25, 0.3) is 0 Å². The van der Waals surface area contributed by atoms with E-state index in [-0.39, 0.29) is 0 Å². The highest BCUT2D eigenvalue weighted by atomic mass is 15.3. The first-order chi connectivity index (χ1) is 10.3. The molecule has 3 nitrogen and oxygen atoms in total. The molecule has 1 heterocycles. The van der Waals surface area contributed by atoms with Crippen LogP contribution in [0.25, 0.3) is 0 Å². The van der Waals surface area contributed by atoms with Crippen LogP contribution in [0, 0.1) is 0 Å². The van der Waals surface area contributed by atoms with Crippen molar-refractivity contribution in [2.24, 2.45) is 0 Å². The summed E-state index contributed by atoms with van der Waals surface area (Å²) in [4.78, 5) is 5.09. The number of rotatable bonds is 7. The van der Waals surface area contributed by atoms with Crippen LogP contribution in [-0.4, -0.2) is 44.2 Å². The van der Waals surface area contributed by atoms with Crippen LogP contribution < -0.4 is 10.2 Å². The summed E-state index contributed by atoms with van der Waals surface area (Å²) in [6.45, 7) is 13.7. The number of hydrogen-bond donors (Lipinski definition) is 1. The van der Waals surface area contributed by atoms with Gasteiger partial charge in [0.15, 0.2) is 0 Å². The van der Waals surface area contributed by atoms with E-state index in [0.29, 0.717) is 6.04 Å². The van der Waals surface area contributed by atoms with Gasteiger partial charge in [-0.15, -0.1) is 0 Å². The average Bonchev–Trinajstić information content (AvgIpc) is 2.54. The number of hydrogen-bond acceptors (Lipinski definition) is 3. The number of nitrogens with zero attached hydrogens (tertiary/aromatic N) is 2. The topological polar surface area (TPSA) is 18.5 Å². The summed E-state index contributed by atoms with van der Waals surface area (Å²) in [5.74, 6) is 0. The summed E-state index contributed by atoms with van der Waals surface area (Å²) in [7, 11) is 0. The van der Waals surface area contributed by atoms with Crippen molar-refractivity contribution >= 4 is 5.69 Å². The van der Waals surface area contributed by atoms with Crippen molar-refractivity contribution in [1.29, 1.82) is 0 Å². The van der Waals surface area contributed by atoms with Crippen LogP contribution >= 0.6 is 0 Å². The standard InChI is InChI=1S/C18H31N3/c1-4-11-20-12-14-21(15-13-20)17-9-7-16(8-10-17)18(5-2)19-6-3/h7-10,18-19H,4-6,11-15H2,1-3H3. The zero-order chi connectivity index (χ0) is 15.1. The number of benzene rings is 1. The van der Waals surface area contributed by atoms with Crippen LogP contribution in [0.15, 0.2) is 24.3 Å². The van der Waals surface area contributed by atoms with E-state index in [1.54, 1.807) is 0 Å². The molecule has 1 aromatic rings. The Labute approximate surface area is 130 Å². The van der Waals surface area contributed by atoms with Gasteiger partial charge in [-0.05, 0) is 43.6 Å². The lowest BCUT2D eigenvalue weighted by atomic mass is 10.0. The van der Waals surface area contributed by atoms with Gasteiger partial charge < -0.3 is 10.2 Å². The average molecular weight is 289 g/mol. The minimum Gasteiger partial charge on any atom is -0.369 e. The van der Waals surface area contributed by atoms with Crippen LogP contribution in [0.2, 0.25) is 0 Å². The van der Waals surface area contributed by atoms with Crippen LogP contribution in [0.4, 0.5) is 5.69 Å². The lowest BCUT2D eigenvalue weighted by Crippen LogP contribution is -2.46. The van der Waals surface area contributed by atoms with Crippen LogP contribution in [0.5, 0.6) is 0 Å². The van der Waals surface area contributed by atoms with Gasteiger partial charge in [0, 0.05) is 37.9 Å². The molecular weight excluding hydrogens is 258 g/mol. The number of anilines is 1. The summed E-state index contributed by atoms with van der Waals surface area (Å²) in [6.07, 6.45) is 2.40. The van der Waals surface area contributed by atoms with Crippen LogP contribution in [0.1, 0.15) is 45.2 Å². The van der Waals surface area contributed by atoms with Crippen molar-refractivity contribution in [3.63, 3.8) is 0 Å². The Morgan fingerprint density at radius 3 is 2.19 bits per heavy atom. The van der Waals surface area contributed by atoms with Crippen molar-refractivity contribution in [3.05, 3.63) is 29.8 Å². The van der Waals surface area contributed by atoms with Crippen molar-refractivity contribution in [1.82, 2.24) is 10.2 Å². The molecule has 0 aliphatic carbocycles. The van der Waals surface area contributed by atoms with E-state index in [4.69, 9.17) is 0 Å². The SMILES string of the molecule is CCCN1CCN(c2ccc(C(CC)NCC)cc2)CC1. The fourth-order valence-corrected chi connectivity index (χ4v) is 3.21. The van der Waals surface area contributed by atoms with E-state index >= 15 is 0 Å². The highest BCUT2D eigenvalue weighted by molar-refractivity contribution is 5.48. The van der Waals surface area contributed by atoms with Crippen molar-refractivity contribution in [2.75, 3.05) is 44.2 Å². The molecule has 0 saturated carbocycles. The molecule has 1 atom stereocenters. The predicted octanol–water partition coefficient (Wildman–Crippen LogP) is 3.28. The summed E-state index contributed by atoms with van der Waals surface area (Å²) >= 11 is 0. The minimum atomic E-state index is 0.491. The zero-order valence-corrected chi connectivity index (χ0v) is 13.9. The molecule has 1 aliphatic heterocycles. The Hall–Kier alpha value is -1.06. The molecule has 1 aliphatic rings. The Balaban J connectivity index is 1.93. The smallest absolute Gasteiger partial charge is 0.0367 e. The Morgan fingerprint density at radius 2 is 1.67 bits per heavy atom. The molecule has 0 spiro atoms. The molecule has 0 aromatic heterocycles. The first kappa shape index (κ1) is 16.3. The van der Waals surface area contributed by atoms with E-state index in [1.165, 1.54) is 37.3 Å². The molecule has 3 heteroatoms. The monoisotopic (exact) mass is 289 g/mol. The molecule has 1 fully saturated rings. The van der Waals surface area contributed by atoms with Gasteiger partial charge in [-0.2, -0.15) is 0 Å². The number of piperazine rings is 1. The molecule has 1 N–H and O–H groups in total. The van der Waals surface area contributed by atoms with Gasteiger partial charge >= 0.3 is 0 Å². The molecule has 1 aromatic carbocycles. The van der Waals surface area contributed by atoms with Crippen molar-refractivity contribution < 1.29 is 0 Å². The third kappa shape index (κ3) is 4.45. The molecule has 2 rings (SSSR count). The van der Waals surface area contributed by atoms with Gasteiger partial charge in [0.1, 0.15) is 0 Å². The third-order valence-electron chi connectivity index (χ3n) is 4.43. The number of nitrogens with one attached hydrogen (secondary N) is 1. The Morgan fingerprint density at radius 1 is 1.00 bits per heavy atom. The fourth-order valence-electron chi connectivity index (χ4n) is 3.21. The summed E-state index contributed by atoms with van der Waals surface area (Å²) in [5.41, 5.74) is 2.79. The second-order valence-electron chi connectivity index (χ2n) is 5.94. The second kappa shape index (κ2) is 8.40. The molecule has 1 saturated heterocycles. The first-order valence-corrected chi connectivity index (χ1v) is 8.59. The first-order valence-electron chi connectivity index (χ1n) is 8.59. The molecule has 1 unspecified atom stereocenters. The molecule has 118 valence electrons. The van der Waals surface area contributed by atoms with Gasteiger partial charge in [-0.1, -0.05) is 32.9 Å². The normalized spacial score (nSPS) is 18.0. The Kier molecular flexibility index (Phi) is 6.52. The predicted molar refractivity (Wildman–Crippen MR) is 92.1 cm³/mol. The van der Waals surface area contributed by atoms with Gasteiger partial charge in [0.05, 0.1) is 0 Å². The molecule has 21 heavy (non-hydrogen) atoms. The fraction of sp³-hybridized carbons (Fsp3) is 0.667.